The maximum Gasteiger partial charge on any atom is 0.259 e. The number of benzene rings is 2. The summed E-state index contributed by atoms with van der Waals surface area (Å²) in [5.74, 6) is -0.811. The number of aliphatic hydroxyl groups excluding tert-OH is 1. The minimum Gasteiger partial charge on any atom is -0.390 e. The number of nitrogens with zero attached hydrogens (tertiary/aromatic N) is 2. The van der Waals surface area contributed by atoms with Crippen molar-refractivity contribution in [1.29, 1.82) is 0 Å². The number of carbonyl (C=O) groups is 2. The Morgan fingerprint density at radius 3 is 2.54 bits per heavy atom. The van der Waals surface area contributed by atoms with E-state index < -0.39 is 17.9 Å². The molecule has 1 unspecified atom stereocenters. The van der Waals surface area contributed by atoms with Gasteiger partial charge in [0, 0.05) is 76.4 Å². The Kier molecular flexibility index (Phi) is 6.37. The van der Waals surface area contributed by atoms with Gasteiger partial charge in [0.25, 0.3) is 11.8 Å². The highest BCUT2D eigenvalue weighted by atomic mass is 32.2. The van der Waals surface area contributed by atoms with E-state index in [1.165, 1.54) is 0 Å². The van der Waals surface area contributed by atoms with Crippen LogP contribution >= 0.6 is 11.8 Å². The second kappa shape index (κ2) is 9.83. The molecule has 2 aliphatic rings. The quantitative estimate of drug-likeness (QED) is 0.258. The standard InChI is InChI=1S/C28H28N4O4S/c1-37-23-8-4-7-22-24(23)20(16-32(22)15-17(33)14-31-9-11-36-12-10-31)26-25(27(34)30-28(26)35)19-13-29-21-6-3-2-5-18(19)21/h2-8,13,16-17,29,33H,9-12,14-15H2,1H3,(H,30,34,35). The lowest BCUT2D eigenvalue weighted by atomic mass is 9.95. The topological polar surface area (TPSA) is 99.6 Å². The highest BCUT2D eigenvalue weighted by Gasteiger charge is 2.35. The summed E-state index contributed by atoms with van der Waals surface area (Å²) in [5, 5.41) is 15.3. The average Bonchev–Trinajstić information content (AvgIpc) is 3.57. The molecule has 0 radical (unpaired) electrons. The Labute approximate surface area is 218 Å². The third kappa shape index (κ3) is 4.27. The molecule has 0 aliphatic carbocycles. The minimum atomic E-state index is -0.597. The third-order valence-electron chi connectivity index (χ3n) is 7.13. The van der Waals surface area contributed by atoms with Gasteiger partial charge in [0.1, 0.15) is 0 Å². The Hall–Kier alpha value is -3.37. The molecule has 0 saturated carbocycles. The van der Waals surface area contributed by atoms with Gasteiger partial charge in [0.05, 0.1) is 30.5 Å². The van der Waals surface area contributed by atoms with Gasteiger partial charge in [-0.05, 0) is 24.5 Å². The zero-order chi connectivity index (χ0) is 25.5. The molecule has 6 rings (SSSR count). The van der Waals surface area contributed by atoms with Crippen molar-refractivity contribution in [3.05, 3.63) is 66.0 Å². The van der Waals surface area contributed by atoms with Gasteiger partial charge in [0.15, 0.2) is 0 Å². The van der Waals surface area contributed by atoms with Crippen molar-refractivity contribution in [3.63, 3.8) is 0 Å². The number of imide groups is 1. The Balaban J connectivity index is 1.49. The summed E-state index contributed by atoms with van der Waals surface area (Å²) >= 11 is 1.59. The van der Waals surface area contributed by atoms with Gasteiger partial charge in [-0.1, -0.05) is 24.3 Å². The molecule has 4 heterocycles. The van der Waals surface area contributed by atoms with Crippen molar-refractivity contribution in [2.45, 2.75) is 17.5 Å². The summed E-state index contributed by atoms with van der Waals surface area (Å²) in [6.07, 6.45) is 5.10. The number of thioether (sulfide) groups is 1. The summed E-state index contributed by atoms with van der Waals surface area (Å²) in [5.41, 5.74) is 3.94. The van der Waals surface area contributed by atoms with Gasteiger partial charge >= 0.3 is 0 Å². The fraction of sp³-hybridized carbons (Fsp3) is 0.286. The van der Waals surface area contributed by atoms with E-state index in [4.69, 9.17) is 4.74 Å². The number of aromatic nitrogens is 2. The first-order valence-electron chi connectivity index (χ1n) is 12.4. The van der Waals surface area contributed by atoms with Crippen LogP contribution < -0.4 is 5.32 Å². The van der Waals surface area contributed by atoms with Crippen molar-refractivity contribution in [1.82, 2.24) is 19.8 Å². The smallest absolute Gasteiger partial charge is 0.259 e. The molecule has 1 atom stereocenters. The van der Waals surface area contributed by atoms with Crippen LogP contribution in [-0.4, -0.2) is 76.6 Å². The maximum absolute atomic E-state index is 13.3. The number of hydrogen-bond acceptors (Lipinski definition) is 6. The Morgan fingerprint density at radius 2 is 1.76 bits per heavy atom. The van der Waals surface area contributed by atoms with Crippen LogP contribution in [0.25, 0.3) is 33.0 Å². The van der Waals surface area contributed by atoms with Gasteiger partial charge < -0.3 is 19.4 Å². The van der Waals surface area contributed by atoms with Crippen LogP contribution in [0.2, 0.25) is 0 Å². The van der Waals surface area contributed by atoms with E-state index in [0.717, 1.165) is 39.8 Å². The number of carbonyl (C=O) groups excluding carboxylic acids is 2. The van der Waals surface area contributed by atoms with E-state index in [1.54, 1.807) is 18.0 Å². The van der Waals surface area contributed by atoms with E-state index in [9.17, 15) is 14.7 Å². The lowest BCUT2D eigenvalue weighted by Gasteiger charge is -2.28. The lowest BCUT2D eigenvalue weighted by molar-refractivity contribution is -0.122. The van der Waals surface area contributed by atoms with Crippen molar-refractivity contribution >= 4 is 56.5 Å². The van der Waals surface area contributed by atoms with Crippen molar-refractivity contribution in [3.8, 4) is 0 Å². The zero-order valence-corrected chi connectivity index (χ0v) is 21.3. The monoisotopic (exact) mass is 516 g/mol. The molecule has 2 aliphatic heterocycles. The van der Waals surface area contributed by atoms with E-state index in [-0.39, 0.29) is 0 Å². The number of ether oxygens (including phenoxy) is 1. The minimum absolute atomic E-state index is 0.364. The number of H-pyrrole nitrogens is 1. The average molecular weight is 517 g/mol. The first-order valence-corrected chi connectivity index (χ1v) is 13.6. The molecule has 2 aromatic heterocycles. The van der Waals surface area contributed by atoms with Gasteiger partial charge in [-0.25, -0.2) is 0 Å². The summed E-state index contributed by atoms with van der Waals surface area (Å²) in [4.78, 5) is 32.8. The predicted molar refractivity (Wildman–Crippen MR) is 145 cm³/mol. The van der Waals surface area contributed by atoms with Crippen LogP contribution in [0.5, 0.6) is 0 Å². The highest BCUT2D eigenvalue weighted by molar-refractivity contribution is 7.98. The number of hydrogen-bond donors (Lipinski definition) is 3. The number of nitrogens with one attached hydrogen (secondary N) is 2. The maximum atomic E-state index is 13.3. The van der Waals surface area contributed by atoms with E-state index in [2.05, 4.69) is 15.2 Å². The van der Waals surface area contributed by atoms with Crippen LogP contribution in [0.1, 0.15) is 11.1 Å². The second-order valence-corrected chi connectivity index (χ2v) is 10.2. The third-order valence-corrected chi connectivity index (χ3v) is 7.91. The number of para-hydroxylation sites is 1. The number of β-amino-alcohol motifs (C(OH)–C–C–N with tert-alkyl or cyclic N) is 1. The second-order valence-electron chi connectivity index (χ2n) is 9.40. The Bertz CT molecular complexity index is 1550. The van der Waals surface area contributed by atoms with Gasteiger partial charge in [0.2, 0.25) is 0 Å². The molecule has 1 saturated heterocycles. The van der Waals surface area contributed by atoms with Gasteiger partial charge in [-0.2, -0.15) is 0 Å². The van der Waals surface area contributed by atoms with E-state index in [1.807, 2.05) is 59.5 Å². The largest absolute Gasteiger partial charge is 0.390 e. The molecule has 1 fully saturated rings. The van der Waals surface area contributed by atoms with E-state index in [0.29, 0.717) is 48.6 Å². The van der Waals surface area contributed by atoms with E-state index >= 15 is 0 Å². The van der Waals surface area contributed by atoms with Crippen LogP contribution in [0.3, 0.4) is 0 Å². The molecular weight excluding hydrogens is 488 g/mol. The fourth-order valence-corrected chi connectivity index (χ4v) is 6.08. The van der Waals surface area contributed by atoms with Crippen LogP contribution in [0.15, 0.2) is 59.8 Å². The summed E-state index contributed by atoms with van der Waals surface area (Å²) in [7, 11) is 0. The molecule has 0 spiro atoms. The number of aliphatic hydroxyl groups is 1. The summed E-state index contributed by atoms with van der Waals surface area (Å²) < 4.78 is 7.43. The molecular formula is C28H28N4O4S. The molecule has 9 heteroatoms. The van der Waals surface area contributed by atoms with Crippen molar-refractivity contribution in [2.24, 2.45) is 0 Å². The van der Waals surface area contributed by atoms with Crippen LogP contribution in [-0.2, 0) is 20.9 Å². The predicted octanol–water partition coefficient (Wildman–Crippen LogP) is 3.10. The molecule has 4 aromatic rings. The van der Waals surface area contributed by atoms with Crippen LogP contribution in [0.4, 0.5) is 0 Å². The van der Waals surface area contributed by atoms with Crippen LogP contribution in [0, 0.1) is 0 Å². The van der Waals surface area contributed by atoms with Gasteiger partial charge in [-0.15, -0.1) is 11.8 Å². The summed E-state index contributed by atoms with van der Waals surface area (Å²) in [6.45, 7) is 3.87. The number of rotatable bonds is 7. The molecule has 8 nitrogen and oxygen atoms in total. The molecule has 37 heavy (non-hydrogen) atoms. The molecule has 2 amide bonds. The SMILES string of the molecule is CSc1cccc2c1c(C1=C(c3c[nH]c4ccccc34)C(=O)NC1=O)cn2CC(O)CN1CCOCC1. The number of morpholine rings is 1. The highest BCUT2D eigenvalue weighted by Crippen LogP contribution is 2.41. The first kappa shape index (κ1) is 24.0. The number of amides is 2. The molecule has 2 aromatic carbocycles. The van der Waals surface area contributed by atoms with Crippen molar-refractivity contribution < 1.29 is 19.4 Å². The zero-order valence-electron chi connectivity index (χ0n) is 20.5. The molecule has 190 valence electrons. The molecule has 0 bridgehead atoms. The first-order chi connectivity index (χ1) is 18.0. The number of fused-ring (bicyclic) bond motifs is 2. The number of aromatic amines is 1. The summed E-state index contributed by atoms with van der Waals surface area (Å²) in [6, 6.07) is 13.7. The lowest BCUT2D eigenvalue weighted by Crippen LogP contribution is -2.41. The van der Waals surface area contributed by atoms with Gasteiger partial charge in [-0.3, -0.25) is 19.8 Å². The van der Waals surface area contributed by atoms with Crippen molar-refractivity contribution in [2.75, 3.05) is 39.1 Å². The molecule has 3 N–H and O–H groups in total. The normalized spacial score (nSPS) is 17.8. The Morgan fingerprint density at radius 1 is 1.00 bits per heavy atom. The fourth-order valence-electron chi connectivity index (χ4n) is 5.44.